The summed E-state index contributed by atoms with van der Waals surface area (Å²) in [6.07, 6.45) is 7.09. The lowest BCUT2D eigenvalue weighted by molar-refractivity contribution is -0.130. The minimum atomic E-state index is 0.156. The largest absolute Gasteiger partial charge is 0.395 e. The van der Waals surface area contributed by atoms with E-state index in [2.05, 4.69) is 10.8 Å². The molecule has 1 rings (SSSR count). The summed E-state index contributed by atoms with van der Waals surface area (Å²) >= 11 is 0. The van der Waals surface area contributed by atoms with Gasteiger partial charge in [-0.05, 0) is 13.0 Å². The van der Waals surface area contributed by atoms with Crippen LogP contribution in [-0.4, -0.2) is 60.1 Å². The third-order valence-electron chi connectivity index (χ3n) is 2.84. The predicted octanol–water partition coefficient (Wildman–Crippen LogP) is -0.0736. The fourth-order valence-corrected chi connectivity index (χ4v) is 1.92. The van der Waals surface area contributed by atoms with E-state index in [-0.39, 0.29) is 12.5 Å². The monoisotopic (exact) mass is 224 g/mol. The lowest BCUT2D eigenvalue weighted by Crippen LogP contribution is -2.35. The molecule has 0 atom stereocenters. The number of carbonyl (C=O) groups excluding carboxylic acids is 1. The summed E-state index contributed by atoms with van der Waals surface area (Å²) < 4.78 is 0. The molecule has 1 saturated heterocycles. The number of hydrogen-bond acceptors (Lipinski definition) is 3. The van der Waals surface area contributed by atoms with Gasteiger partial charge in [0.15, 0.2) is 0 Å². The predicted molar refractivity (Wildman–Crippen MR) is 62.8 cm³/mol. The Balaban J connectivity index is 2.35. The van der Waals surface area contributed by atoms with Gasteiger partial charge in [-0.15, -0.1) is 12.3 Å². The van der Waals surface area contributed by atoms with Gasteiger partial charge in [0.25, 0.3) is 0 Å². The zero-order valence-corrected chi connectivity index (χ0v) is 9.69. The van der Waals surface area contributed by atoms with Crippen molar-refractivity contribution in [1.82, 2.24) is 9.80 Å². The summed E-state index contributed by atoms with van der Waals surface area (Å²) in [6, 6.07) is 0. The van der Waals surface area contributed by atoms with Gasteiger partial charge in [-0.1, -0.05) is 0 Å². The molecule has 1 aliphatic rings. The Bertz CT molecular complexity index is 260. The lowest BCUT2D eigenvalue weighted by atomic mass is 10.2. The van der Waals surface area contributed by atoms with E-state index in [4.69, 9.17) is 11.5 Å². The highest BCUT2D eigenvalue weighted by atomic mass is 16.3. The summed E-state index contributed by atoms with van der Waals surface area (Å²) in [5.74, 6) is 2.65. The van der Waals surface area contributed by atoms with E-state index in [1.165, 1.54) is 0 Å². The minimum Gasteiger partial charge on any atom is -0.395 e. The van der Waals surface area contributed by atoms with Crippen LogP contribution in [0.15, 0.2) is 0 Å². The van der Waals surface area contributed by atoms with E-state index in [0.717, 1.165) is 32.6 Å². The molecule has 1 amide bonds. The molecule has 1 fully saturated rings. The van der Waals surface area contributed by atoms with Crippen molar-refractivity contribution >= 4 is 5.91 Å². The van der Waals surface area contributed by atoms with Crippen LogP contribution in [0.1, 0.15) is 19.3 Å². The average molecular weight is 224 g/mol. The number of aliphatic hydroxyl groups is 1. The molecule has 0 unspecified atom stereocenters. The molecule has 1 heterocycles. The standard InChI is InChI=1S/C12H20N2O2/c1-2-3-5-12(16)14-7-4-6-13(8-9-14)10-11-15/h1,15H,3-11H2. The summed E-state index contributed by atoms with van der Waals surface area (Å²) in [5, 5.41) is 8.86. The van der Waals surface area contributed by atoms with Crippen LogP contribution in [0.5, 0.6) is 0 Å². The van der Waals surface area contributed by atoms with E-state index >= 15 is 0 Å². The Morgan fingerprint density at radius 2 is 2.12 bits per heavy atom. The quantitative estimate of drug-likeness (QED) is 0.680. The van der Waals surface area contributed by atoms with E-state index in [0.29, 0.717) is 19.4 Å². The minimum absolute atomic E-state index is 0.156. The van der Waals surface area contributed by atoms with Gasteiger partial charge in [-0.2, -0.15) is 0 Å². The maximum Gasteiger partial charge on any atom is 0.223 e. The first-order valence-corrected chi connectivity index (χ1v) is 5.82. The normalized spacial score (nSPS) is 17.9. The van der Waals surface area contributed by atoms with Crippen LogP contribution in [-0.2, 0) is 4.79 Å². The van der Waals surface area contributed by atoms with Crippen LogP contribution in [0.4, 0.5) is 0 Å². The molecule has 90 valence electrons. The molecular weight excluding hydrogens is 204 g/mol. The molecule has 0 aromatic rings. The Kier molecular flexibility index (Phi) is 5.91. The molecule has 0 saturated carbocycles. The lowest BCUT2D eigenvalue weighted by Gasteiger charge is -2.21. The van der Waals surface area contributed by atoms with E-state index in [1.54, 1.807) is 0 Å². The molecule has 0 aromatic heterocycles. The van der Waals surface area contributed by atoms with Crippen LogP contribution in [0, 0.1) is 12.3 Å². The van der Waals surface area contributed by atoms with Crippen molar-refractivity contribution in [3.05, 3.63) is 0 Å². The van der Waals surface area contributed by atoms with Crippen LogP contribution >= 0.6 is 0 Å². The Morgan fingerprint density at radius 1 is 1.31 bits per heavy atom. The first-order valence-electron chi connectivity index (χ1n) is 5.82. The number of aliphatic hydroxyl groups excluding tert-OH is 1. The number of rotatable bonds is 4. The van der Waals surface area contributed by atoms with Crippen molar-refractivity contribution in [3.63, 3.8) is 0 Å². The molecule has 4 heteroatoms. The van der Waals surface area contributed by atoms with Gasteiger partial charge in [0.05, 0.1) is 6.61 Å². The number of carbonyl (C=O) groups is 1. The summed E-state index contributed by atoms with van der Waals surface area (Å²) in [5.41, 5.74) is 0. The van der Waals surface area contributed by atoms with Crippen LogP contribution in [0.25, 0.3) is 0 Å². The maximum absolute atomic E-state index is 11.7. The molecule has 4 nitrogen and oxygen atoms in total. The summed E-state index contributed by atoms with van der Waals surface area (Å²) in [7, 11) is 0. The third kappa shape index (κ3) is 4.21. The number of terminal acetylenes is 1. The van der Waals surface area contributed by atoms with Crippen LogP contribution in [0.2, 0.25) is 0 Å². The first-order chi connectivity index (χ1) is 7.77. The van der Waals surface area contributed by atoms with Crippen molar-refractivity contribution in [2.45, 2.75) is 19.3 Å². The molecule has 16 heavy (non-hydrogen) atoms. The molecule has 0 aliphatic carbocycles. The van der Waals surface area contributed by atoms with Crippen molar-refractivity contribution in [2.75, 3.05) is 39.3 Å². The second kappa shape index (κ2) is 7.26. The van der Waals surface area contributed by atoms with E-state index in [9.17, 15) is 4.79 Å². The number of nitrogens with zero attached hydrogens (tertiary/aromatic N) is 2. The molecule has 1 N–H and O–H groups in total. The molecule has 0 aromatic carbocycles. The highest BCUT2D eigenvalue weighted by Crippen LogP contribution is 2.05. The second-order valence-corrected chi connectivity index (χ2v) is 4.00. The van der Waals surface area contributed by atoms with Crippen molar-refractivity contribution in [1.29, 1.82) is 0 Å². The van der Waals surface area contributed by atoms with Gasteiger partial charge in [-0.25, -0.2) is 0 Å². The molecule has 0 radical (unpaired) electrons. The number of amides is 1. The van der Waals surface area contributed by atoms with Crippen molar-refractivity contribution in [3.8, 4) is 12.3 Å². The average Bonchev–Trinajstić information content (AvgIpc) is 2.52. The van der Waals surface area contributed by atoms with Gasteiger partial charge < -0.3 is 10.0 Å². The third-order valence-corrected chi connectivity index (χ3v) is 2.84. The first kappa shape index (κ1) is 13.0. The topological polar surface area (TPSA) is 43.8 Å². The number of β-amino-alcohol motifs (C(OH)–C–C–N with tert-alkyl or cyclic N) is 1. The van der Waals surface area contributed by atoms with Crippen molar-refractivity contribution < 1.29 is 9.90 Å². The number of hydrogen-bond donors (Lipinski definition) is 1. The zero-order valence-electron chi connectivity index (χ0n) is 9.69. The maximum atomic E-state index is 11.7. The van der Waals surface area contributed by atoms with Gasteiger partial charge in [0.2, 0.25) is 5.91 Å². The summed E-state index contributed by atoms with van der Waals surface area (Å²) in [4.78, 5) is 15.8. The molecular formula is C12H20N2O2. The van der Waals surface area contributed by atoms with E-state index < -0.39 is 0 Å². The Labute approximate surface area is 97.2 Å². The summed E-state index contributed by atoms with van der Waals surface area (Å²) in [6.45, 7) is 4.26. The highest BCUT2D eigenvalue weighted by Gasteiger charge is 2.17. The van der Waals surface area contributed by atoms with Gasteiger partial charge >= 0.3 is 0 Å². The molecule has 0 spiro atoms. The second-order valence-electron chi connectivity index (χ2n) is 4.00. The molecule has 0 bridgehead atoms. The SMILES string of the molecule is C#CCCC(=O)N1CCCN(CCO)CC1. The van der Waals surface area contributed by atoms with Gasteiger partial charge in [-0.3, -0.25) is 9.69 Å². The van der Waals surface area contributed by atoms with Gasteiger partial charge in [0, 0.05) is 39.0 Å². The van der Waals surface area contributed by atoms with Crippen LogP contribution in [0.3, 0.4) is 0 Å². The fraction of sp³-hybridized carbons (Fsp3) is 0.750. The van der Waals surface area contributed by atoms with Crippen molar-refractivity contribution in [2.24, 2.45) is 0 Å². The smallest absolute Gasteiger partial charge is 0.223 e. The zero-order chi connectivity index (χ0) is 11.8. The van der Waals surface area contributed by atoms with E-state index in [1.807, 2.05) is 4.90 Å². The van der Waals surface area contributed by atoms with Gasteiger partial charge in [0.1, 0.15) is 0 Å². The highest BCUT2D eigenvalue weighted by molar-refractivity contribution is 5.76. The Morgan fingerprint density at radius 3 is 2.81 bits per heavy atom. The van der Waals surface area contributed by atoms with Crippen LogP contribution < -0.4 is 0 Å². The fourth-order valence-electron chi connectivity index (χ4n) is 1.92. The molecule has 1 aliphatic heterocycles. The Hall–Kier alpha value is -1.05.